The van der Waals surface area contributed by atoms with E-state index in [9.17, 15) is 0 Å². The van der Waals surface area contributed by atoms with E-state index in [-0.39, 0.29) is 23.1 Å². The summed E-state index contributed by atoms with van der Waals surface area (Å²) < 4.78 is 0. The zero-order valence-corrected chi connectivity index (χ0v) is 34.7. The standard InChI is InChI=1S/C52H54BN3/c1-33-19-10-13-24-42(33)54(43-25-14-11-20-34(43)2)38-31-45-47-46(32-38)56-49-39(51(8)27-16-17-28-52(51,56)9)29-37(50(5,6)7)30-41(49)53(47)40-23-18-22-36(4)48(40)55(45)44-26-15-12-21-35(44)3/h10-15,18-26,29-32H,16-17,27-28H2,1-9H3. The quantitative estimate of drug-likeness (QED) is 0.167. The van der Waals surface area contributed by atoms with Crippen molar-refractivity contribution in [3.8, 4) is 0 Å². The predicted molar refractivity (Wildman–Crippen MR) is 241 cm³/mol. The minimum absolute atomic E-state index is 0.0177. The van der Waals surface area contributed by atoms with Gasteiger partial charge in [-0.15, -0.1) is 0 Å². The van der Waals surface area contributed by atoms with Gasteiger partial charge < -0.3 is 14.7 Å². The topological polar surface area (TPSA) is 9.72 Å². The Morgan fingerprint density at radius 2 is 1.20 bits per heavy atom. The van der Waals surface area contributed by atoms with Gasteiger partial charge in [0.15, 0.2) is 0 Å². The zero-order chi connectivity index (χ0) is 38.9. The van der Waals surface area contributed by atoms with Crippen LogP contribution in [0.1, 0.15) is 93.7 Å². The molecule has 6 aromatic carbocycles. The Labute approximate surface area is 335 Å². The minimum atomic E-state index is -0.0767. The molecule has 2 unspecified atom stereocenters. The van der Waals surface area contributed by atoms with Crippen molar-refractivity contribution in [2.45, 2.75) is 104 Å². The summed E-state index contributed by atoms with van der Waals surface area (Å²) in [6.45, 7) is 21.6. The molecule has 0 bridgehead atoms. The van der Waals surface area contributed by atoms with Crippen molar-refractivity contribution >= 4 is 68.6 Å². The lowest BCUT2D eigenvalue weighted by atomic mass is 9.33. The first-order valence-electron chi connectivity index (χ1n) is 20.9. The number of para-hydroxylation sites is 4. The number of rotatable bonds is 4. The Morgan fingerprint density at radius 1 is 0.589 bits per heavy atom. The summed E-state index contributed by atoms with van der Waals surface area (Å²) in [5.41, 5.74) is 22.7. The van der Waals surface area contributed by atoms with Crippen LogP contribution in [0.3, 0.4) is 0 Å². The van der Waals surface area contributed by atoms with E-state index in [0.29, 0.717) is 0 Å². The molecule has 1 aliphatic carbocycles. The summed E-state index contributed by atoms with van der Waals surface area (Å²) in [4.78, 5) is 8.05. The summed E-state index contributed by atoms with van der Waals surface area (Å²) in [6, 6.07) is 44.2. The molecule has 0 amide bonds. The van der Waals surface area contributed by atoms with Crippen LogP contribution in [0.5, 0.6) is 0 Å². The van der Waals surface area contributed by atoms with Crippen molar-refractivity contribution in [2.75, 3.05) is 14.7 Å². The van der Waals surface area contributed by atoms with Gasteiger partial charge in [-0.05, 0) is 133 Å². The average molecular weight is 732 g/mol. The van der Waals surface area contributed by atoms with E-state index in [0.717, 1.165) is 0 Å². The van der Waals surface area contributed by atoms with E-state index >= 15 is 0 Å². The fraction of sp³-hybridized carbons (Fsp3) is 0.308. The predicted octanol–water partition coefficient (Wildman–Crippen LogP) is 12.0. The summed E-state index contributed by atoms with van der Waals surface area (Å²) >= 11 is 0. The van der Waals surface area contributed by atoms with Gasteiger partial charge in [-0.3, -0.25) is 0 Å². The largest absolute Gasteiger partial charge is 0.335 e. The maximum Gasteiger partial charge on any atom is 0.252 e. The SMILES string of the molecule is Cc1ccccc1N(c1cc2c3c(c1)N1c4c(cc(C(C)(C)C)cc4C4(C)CCCCC14C)B3c1cccc(C)c1N2c1ccccc1C)c1ccccc1C. The molecule has 10 rings (SSSR count). The van der Waals surface area contributed by atoms with Crippen LogP contribution in [0.25, 0.3) is 0 Å². The molecule has 0 spiro atoms. The molecular formula is C52H54BN3. The van der Waals surface area contributed by atoms with Crippen LogP contribution in [-0.4, -0.2) is 12.3 Å². The van der Waals surface area contributed by atoms with Crippen LogP contribution < -0.4 is 31.1 Å². The van der Waals surface area contributed by atoms with E-state index < -0.39 is 0 Å². The molecule has 0 N–H and O–H groups in total. The highest BCUT2D eigenvalue weighted by atomic mass is 15.3. The van der Waals surface area contributed by atoms with Crippen molar-refractivity contribution in [3.05, 3.63) is 149 Å². The van der Waals surface area contributed by atoms with Gasteiger partial charge in [0.1, 0.15) is 0 Å². The lowest BCUT2D eigenvalue weighted by Crippen LogP contribution is -2.64. The van der Waals surface area contributed by atoms with Gasteiger partial charge in [0.2, 0.25) is 0 Å². The first-order valence-corrected chi connectivity index (χ1v) is 20.9. The lowest BCUT2D eigenvalue weighted by molar-refractivity contribution is 0.195. The van der Waals surface area contributed by atoms with E-state index in [1.165, 1.54) is 115 Å². The van der Waals surface area contributed by atoms with Gasteiger partial charge in [-0.2, -0.15) is 0 Å². The number of hydrogen-bond acceptors (Lipinski definition) is 3. The number of nitrogens with zero attached hydrogens (tertiary/aromatic N) is 3. The number of hydrogen-bond donors (Lipinski definition) is 0. The average Bonchev–Trinajstić information content (AvgIpc) is 3.38. The normalized spacial score (nSPS) is 20.3. The third kappa shape index (κ3) is 4.71. The van der Waals surface area contributed by atoms with Crippen LogP contribution >= 0.6 is 0 Å². The zero-order valence-electron chi connectivity index (χ0n) is 34.7. The molecule has 1 saturated carbocycles. The Balaban J connectivity index is 1.39. The second-order valence-corrected chi connectivity index (χ2v) is 18.7. The highest BCUT2D eigenvalue weighted by molar-refractivity contribution is 7.00. The third-order valence-electron chi connectivity index (χ3n) is 14.4. The lowest BCUT2D eigenvalue weighted by Gasteiger charge is -2.53. The van der Waals surface area contributed by atoms with Gasteiger partial charge in [-0.1, -0.05) is 125 Å². The molecule has 0 saturated heterocycles. The summed E-state index contributed by atoms with van der Waals surface area (Å²) in [6.07, 6.45) is 4.89. The van der Waals surface area contributed by atoms with Gasteiger partial charge >= 0.3 is 0 Å². The van der Waals surface area contributed by atoms with Crippen molar-refractivity contribution in [3.63, 3.8) is 0 Å². The Kier molecular flexibility index (Phi) is 7.64. The maximum atomic E-state index is 2.88. The smallest absolute Gasteiger partial charge is 0.252 e. The Hall–Kier alpha value is -5.22. The number of aryl methyl sites for hydroxylation is 4. The van der Waals surface area contributed by atoms with Crippen LogP contribution in [-0.2, 0) is 10.8 Å². The monoisotopic (exact) mass is 731 g/mol. The third-order valence-corrected chi connectivity index (χ3v) is 14.4. The van der Waals surface area contributed by atoms with Crippen molar-refractivity contribution < 1.29 is 0 Å². The highest BCUT2D eigenvalue weighted by Crippen LogP contribution is 2.63. The molecule has 0 aromatic heterocycles. The van der Waals surface area contributed by atoms with E-state index in [2.05, 4.69) is 192 Å². The molecule has 1 fully saturated rings. The van der Waals surface area contributed by atoms with Gasteiger partial charge in [0.05, 0.1) is 11.2 Å². The number of benzene rings is 6. The van der Waals surface area contributed by atoms with Crippen LogP contribution in [0.2, 0.25) is 0 Å². The fourth-order valence-electron chi connectivity index (χ4n) is 11.2. The second-order valence-electron chi connectivity index (χ2n) is 18.7. The molecule has 4 heteroatoms. The Morgan fingerprint density at radius 3 is 1.86 bits per heavy atom. The summed E-state index contributed by atoms with van der Waals surface area (Å²) in [5.74, 6) is 0. The molecule has 56 heavy (non-hydrogen) atoms. The first kappa shape index (κ1) is 35.2. The highest BCUT2D eigenvalue weighted by Gasteiger charge is 2.61. The van der Waals surface area contributed by atoms with Crippen molar-refractivity contribution in [2.24, 2.45) is 0 Å². The molecule has 280 valence electrons. The molecule has 2 atom stereocenters. The molecule has 3 aliphatic heterocycles. The summed E-state index contributed by atoms with van der Waals surface area (Å²) in [7, 11) is 0. The number of anilines is 8. The van der Waals surface area contributed by atoms with Crippen LogP contribution in [0, 0.1) is 27.7 Å². The molecule has 0 radical (unpaired) electrons. The van der Waals surface area contributed by atoms with Crippen molar-refractivity contribution in [1.82, 2.24) is 0 Å². The Bertz CT molecular complexity index is 2550. The number of fused-ring (bicyclic) bond motifs is 7. The van der Waals surface area contributed by atoms with Gasteiger partial charge in [0, 0.05) is 45.2 Å². The van der Waals surface area contributed by atoms with Crippen LogP contribution in [0.4, 0.5) is 45.5 Å². The second kappa shape index (κ2) is 12.1. The summed E-state index contributed by atoms with van der Waals surface area (Å²) in [5, 5.41) is 0. The van der Waals surface area contributed by atoms with Gasteiger partial charge in [0.25, 0.3) is 6.71 Å². The maximum absolute atomic E-state index is 2.88. The fourth-order valence-corrected chi connectivity index (χ4v) is 11.2. The molecule has 6 aromatic rings. The molecule has 3 heterocycles. The van der Waals surface area contributed by atoms with Crippen molar-refractivity contribution in [1.29, 1.82) is 0 Å². The van der Waals surface area contributed by atoms with Crippen LogP contribution in [0.15, 0.2) is 115 Å². The molecule has 4 aliphatic rings. The molecule has 3 nitrogen and oxygen atoms in total. The van der Waals surface area contributed by atoms with E-state index in [4.69, 9.17) is 0 Å². The van der Waals surface area contributed by atoms with Gasteiger partial charge in [-0.25, -0.2) is 0 Å². The van der Waals surface area contributed by atoms with E-state index in [1.54, 1.807) is 5.56 Å². The first-order chi connectivity index (χ1) is 26.8. The molecular weight excluding hydrogens is 677 g/mol. The minimum Gasteiger partial charge on any atom is -0.335 e. The van der Waals surface area contributed by atoms with E-state index in [1.807, 2.05) is 0 Å².